The maximum atomic E-state index is 13.0. The molecule has 1 unspecified atom stereocenters. The van der Waals surface area contributed by atoms with Crippen molar-refractivity contribution in [2.75, 3.05) is 19.6 Å². The Balaban J connectivity index is 2.16. The number of hydrogen-bond donors (Lipinski definition) is 1. The zero-order valence-electron chi connectivity index (χ0n) is 14.6. The highest BCUT2D eigenvalue weighted by Gasteiger charge is 2.32. The summed E-state index contributed by atoms with van der Waals surface area (Å²) in [7, 11) is 0. The van der Waals surface area contributed by atoms with Crippen molar-refractivity contribution >= 4 is 12.2 Å². The van der Waals surface area contributed by atoms with Crippen LogP contribution in [0.4, 0.5) is 14.0 Å². The third kappa shape index (κ3) is 5.54. The average molecular weight is 354 g/mol. The van der Waals surface area contributed by atoms with Gasteiger partial charge in [-0.05, 0) is 27.2 Å². The Morgan fingerprint density at radius 1 is 1.32 bits per heavy atom. The van der Waals surface area contributed by atoms with E-state index in [0.717, 1.165) is 12.4 Å². The first-order valence-electron chi connectivity index (χ1n) is 8.09. The number of rotatable bonds is 2. The van der Waals surface area contributed by atoms with Crippen molar-refractivity contribution in [1.82, 2.24) is 19.8 Å². The van der Waals surface area contributed by atoms with E-state index in [1.54, 1.807) is 20.8 Å². The SMILES string of the molecule is CC(C)(C)OC(=O)N1CCCN(C(=O)O)C(Cc2ncc(F)cn2)C1. The number of halogens is 1. The highest BCUT2D eigenvalue weighted by molar-refractivity contribution is 5.69. The van der Waals surface area contributed by atoms with E-state index in [0.29, 0.717) is 25.3 Å². The Morgan fingerprint density at radius 2 is 1.96 bits per heavy atom. The van der Waals surface area contributed by atoms with E-state index in [1.165, 1.54) is 9.80 Å². The van der Waals surface area contributed by atoms with Gasteiger partial charge in [0.25, 0.3) is 0 Å². The fourth-order valence-corrected chi connectivity index (χ4v) is 2.63. The molecular weight excluding hydrogens is 331 g/mol. The Kier molecular flexibility index (Phi) is 5.76. The number of aromatic nitrogens is 2. The molecule has 9 heteroatoms. The summed E-state index contributed by atoms with van der Waals surface area (Å²) in [4.78, 5) is 34.4. The molecule has 0 aromatic carbocycles. The lowest BCUT2D eigenvalue weighted by molar-refractivity contribution is 0.0230. The van der Waals surface area contributed by atoms with Crippen molar-refractivity contribution in [3.63, 3.8) is 0 Å². The Bertz CT molecular complexity index is 618. The summed E-state index contributed by atoms with van der Waals surface area (Å²) in [5.74, 6) is -0.237. The fourth-order valence-electron chi connectivity index (χ4n) is 2.63. The van der Waals surface area contributed by atoms with E-state index in [-0.39, 0.29) is 13.0 Å². The largest absolute Gasteiger partial charge is 0.465 e. The molecular formula is C16H23FN4O4. The van der Waals surface area contributed by atoms with E-state index in [4.69, 9.17) is 4.74 Å². The summed E-state index contributed by atoms with van der Waals surface area (Å²) in [6, 6.07) is -0.530. The molecule has 138 valence electrons. The van der Waals surface area contributed by atoms with Crippen LogP contribution in [0.2, 0.25) is 0 Å². The number of ether oxygens (including phenoxy) is 1. The first kappa shape index (κ1) is 18.9. The van der Waals surface area contributed by atoms with Crippen molar-refractivity contribution in [2.24, 2.45) is 0 Å². The van der Waals surface area contributed by atoms with Gasteiger partial charge in [0.05, 0.1) is 18.4 Å². The second kappa shape index (κ2) is 7.62. The topological polar surface area (TPSA) is 95.9 Å². The molecule has 2 amide bonds. The smallest absolute Gasteiger partial charge is 0.410 e. The zero-order valence-corrected chi connectivity index (χ0v) is 14.6. The van der Waals surface area contributed by atoms with Gasteiger partial charge in [-0.3, -0.25) is 0 Å². The first-order valence-corrected chi connectivity index (χ1v) is 8.09. The predicted octanol–water partition coefficient (Wildman–Crippen LogP) is 2.15. The standard InChI is InChI=1S/C16H23FN4O4/c1-16(2,3)25-15(24)20-5-4-6-21(14(22)23)12(10-20)7-13-18-8-11(17)9-19-13/h8-9,12H,4-7,10H2,1-3H3,(H,22,23). The minimum atomic E-state index is -1.07. The van der Waals surface area contributed by atoms with Crippen LogP contribution in [0.5, 0.6) is 0 Å². The Labute approximate surface area is 145 Å². The summed E-state index contributed by atoms with van der Waals surface area (Å²) >= 11 is 0. The van der Waals surface area contributed by atoms with Crippen LogP contribution in [0.25, 0.3) is 0 Å². The zero-order chi connectivity index (χ0) is 18.6. The molecule has 2 rings (SSSR count). The van der Waals surface area contributed by atoms with Crippen LogP contribution in [0.1, 0.15) is 33.0 Å². The van der Waals surface area contributed by atoms with Gasteiger partial charge in [0.15, 0.2) is 5.82 Å². The van der Waals surface area contributed by atoms with Gasteiger partial charge in [0.1, 0.15) is 11.4 Å². The molecule has 1 saturated heterocycles. The minimum Gasteiger partial charge on any atom is -0.465 e. The molecule has 1 aliphatic heterocycles. The van der Waals surface area contributed by atoms with Gasteiger partial charge < -0.3 is 19.6 Å². The van der Waals surface area contributed by atoms with Crippen molar-refractivity contribution in [1.29, 1.82) is 0 Å². The van der Waals surface area contributed by atoms with E-state index in [9.17, 15) is 19.1 Å². The van der Waals surface area contributed by atoms with Crippen LogP contribution >= 0.6 is 0 Å². The molecule has 2 heterocycles. The molecule has 0 radical (unpaired) electrons. The lowest BCUT2D eigenvalue weighted by Crippen LogP contribution is -2.47. The van der Waals surface area contributed by atoms with Crippen LogP contribution < -0.4 is 0 Å². The van der Waals surface area contributed by atoms with E-state index >= 15 is 0 Å². The summed E-state index contributed by atoms with van der Waals surface area (Å²) in [6.45, 7) is 6.18. The highest BCUT2D eigenvalue weighted by atomic mass is 19.1. The van der Waals surface area contributed by atoms with Crippen LogP contribution in [-0.2, 0) is 11.2 Å². The van der Waals surface area contributed by atoms with Gasteiger partial charge in [0.2, 0.25) is 0 Å². The van der Waals surface area contributed by atoms with E-state index < -0.39 is 29.6 Å². The van der Waals surface area contributed by atoms with Gasteiger partial charge in [0, 0.05) is 26.1 Å². The summed E-state index contributed by atoms with van der Waals surface area (Å²) < 4.78 is 18.3. The quantitative estimate of drug-likeness (QED) is 0.874. The van der Waals surface area contributed by atoms with Gasteiger partial charge in [-0.2, -0.15) is 0 Å². The highest BCUT2D eigenvalue weighted by Crippen LogP contribution is 2.17. The van der Waals surface area contributed by atoms with Crippen molar-refractivity contribution in [3.8, 4) is 0 Å². The fraction of sp³-hybridized carbons (Fsp3) is 0.625. The van der Waals surface area contributed by atoms with Gasteiger partial charge in [-0.15, -0.1) is 0 Å². The van der Waals surface area contributed by atoms with Crippen molar-refractivity contribution in [2.45, 2.75) is 45.3 Å². The lowest BCUT2D eigenvalue weighted by Gasteiger charge is -2.30. The Morgan fingerprint density at radius 3 is 2.52 bits per heavy atom. The molecule has 0 spiro atoms. The maximum absolute atomic E-state index is 13.0. The third-order valence-electron chi connectivity index (χ3n) is 3.69. The molecule has 25 heavy (non-hydrogen) atoms. The number of amides is 2. The van der Waals surface area contributed by atoms with Crippen LogP contribution in [0.3, 0.4) is 0 Å². The number of hydrogen-bond acceptors (Lipinski definition) is 5. The maximum Gasteiger partial charge on any atom is 0.410 e. The number of carbonyl (C=O) groups excluding carboxylic acids is 1. The van der Waals surface area contributed by atoms with Gasteiger partial charge in [-0.25, -0.2) is 23.9 Å². The predicted molar refractivity (Wildman–Crippen MR) is 86.6 cm³/mol. The monoisotopic (exact) mass is 354 g/mol. The van der Waals surface area contributed by atoms with E-state index in [1.807, 2.05) is 0 Å². The van der Waals surface area contributed by atoms with E-state index in [2.05, 4.69) is 9.97 Å². The van der Waals surface area contributed by atoms with Crippen LogP contribution in [0, 0.1) is 5.82 Å². The van der Waals surface area contributed by atoms with Gasteiger partial charge in [-0.1, -0.05) is 0 Å². The normalized spacial score (nSPS) is 18.6. The number of carboxylic acid groups (broad SMARTS) is 1. The lowest BCUT2D eigenvalue weighted by atomic mass is 10.1. The van der Waals surface area contributed by atoms with Crippen LogP contribution in [0.15, 0.2) is 12.4 Å². The minimum absolute atomic E-state index is 0.169. The molecule has 0 aliphatic carbocycles. The first-order chi connectivity index (χ1) is 11.7. The van der Waals surface area contributed by atoms with Crippen LogP contribution in [-0.4, -0.2) is 68.3 Å². The second-order valence-electron chi connectivity index (χ2n) is 6.93. The molecule has 8 nitrogen and oxygen atoms in total. The number of carbonyl (C=O) groups is 2. The molecule has 0 saturated carbocycles. The molecule has 1 aromatic rings. The molecule has 1 aliphatic rings. The van der Waals surface area contributed by atoms with Crippen molar-refractivity contribution < 1.29 is 23.8 Å². The summed E-state index contributed by atoms with van der Waals surface area (Å²) in [6.07, 6.45) is 1.21. The second-order valence-corrected chi connectivity index (χ2v) is 6.93. The number of nitrogens with zero attached hydrogens (tertiary/aromatic N) is 4. The summed E-state index contributed by atoms with van der Waals surface area (Å²) in [5.41, 5.74) is -0.633. The molecule has 1 fully saturated rings. The summed E-state index contributed by atoms with van der Waals surface area (Å²) in [5, 5.41) is 9.46. The van der Waals surface area contributed by atoms with Gasteiger partial charge >= 0.3 is 12.2 Å². The molecule has 1 aromatic heterocycles. The molecule has 1 atom stereocenters. The Hall–Kier alpha value is -2.45. The molecule has 1 N–H and O–H groups in total. The average Bonchev–Trinajstić information content (AvgIpc) is 2.70. The third-order valence-corrected chi connectivity index (χ3v) is 3.69. The molecule has 0 bridgehead atoms. The van der Waals surface area contributed by atoms with Crippen molar-refractivity contribution in [3.05, 3.63) is 24.0 Å².